The Hall–Kier alpha value is -2.81. The Morgan fingerprint density at radius 2 is 1.76 bits per heavy atom. The normalized spacial score (nSPS) is 17.4. The molecule has 8 nitrogen and oxygen atoms in total. The van der Waals surface area contributed by atoms with Crippen LogP contribution in [0.5, 0.6) is 17.2 Å². The molecule has 1 aromatic carbocycles. The zero-order valence-corrected chi connectivity index (χ0v) is 17.9. The maximum Gasteiger partial charge on any atom is 0.283 e. The highest BCUT2D eigenvalue weighted by atomic mass is 32.2. The quantitative estimate of drug-likeness (QED) is 0.680. The van der Waals surface area contributed by atoms with Crippen molar-refractivity contribution in [1.82, 2.24) is 5.01 Å². The van der Waals surface area contributed by atoms with Crippen molar-refractivity contribution in [3.05, 3.63) is 23.3 Å². The van der Waals surface area contributed by atoms with Gasteiger partial charge in [0, 0.05) is 5.92 Å². The summed E-state index contributed by atoms with van der Waals surface area (Å²) >= 11 is 1.37. The summed E-state index contributed by atoms with van der Waals surface area (Å²) in [6, 6.07) is 3.43. The molecule has 2 aliphatic rings. The molecule has 0 saturated carbocycles. The summed E-state index contributed by atoms with van der Waals surface area (Å²) < 4.78 is 16.0. The molecule has 0 radical (unpaired) electrons. The van der Waals surface area contributed by atoms with E-state index < -0.39 is 5.91 Å². The summed E-state index contributed by atoms with van der Waals surface area (Å²) in [6.07, 6.45) is 3.47. The summed E-state index contributed by atoms with van der Waals surface area (Å²) in [5.41, 5.74) is 0.778. The Balaban J connectivity index is 2.00. The summed E-state index contributed by atoms with van der Waals surface area (Å²) in [5.74, 6) is 1.20. The lowest BCUT2D eigenvalue weighted by Crippen LogP contribution is -2.35. The SMILES string of the molecule is CCC(CC)C1=NN2C(=N)C(=Cc3cc(OC)c(OC)c(OC)c3)C(=O)N=C2S1. The first-order chi connectivity index (χ1) is 14.0. The van der Waals surface area contributed by atoms with Crippen molar-refractivity contribution >= 4 is 39.8 Å². The number of carbonyl (C=O) groups excluding carboxylic acids is 1. The summed E-state index contributed by atoms with van der Waals surface area (Å²) in [5, 5.41) is 15.8. The van der Waals surface area contributed by atoms with E-state index in [1.807, 2.05) is 0 Å². The minimum absolute atomic E-state index is 0.00204. The number of hydrogen-bond donors (Lipinski definition) is 1. The lowest BCUT2D eigenvalue weighted by atomic mass is 10.1. The summed E-state index contributed by atoms with van der Waals surface area (Å²) in [4.78, 5) is 16.8. The molecule has 0 bridgehead atoms. The Morgan fingerprint density at radius 3 is 2.28 bits per heavy atom. The van der Waals surface area contributed by atoms with E-state index in [2.05, 4.69) is 23.9 Å². The monoisotopic (exact) mass is 416 g/mol. The second-order valence-corrected chi connectivity index (χ2v) is 7.42. The van der Waals surface area contributed by atoms with Crippen LogP contribution in [0, 0.1) is 11.3 Å². The van der Waals surface area contributed by atoms with Crippen molar-refractivity contribution in [2.24, 2.45) is 16.0 Å². The van der Waals surface area contributed by atoms with E-state index in [0.29, 0.717) is 33.9 Å². The van der Waals surface area contributed by atoms with Crippen LogP contribution in [0.3, 0.4) is 0 Å². The largest absolute Gasteiger partial charge is 0.493 e. The predicted octanol–water partition coefficient (Wildman–Crippen LogP) is 3.77. The van der Waals surface area contributed by atoms with Crippen molar-refractivity contribution in [1.29, 1.82) is 5.41 Å². The van der Waals surface area contributed by atoms with Gasteiger partial charge >= 0.3 is 0 Å². The number of ether oxygens (including phenoxy) is 3. The molecular formula is C20H24N4O4S. The van der Waals surface area contributed by atoms with Crippen LogP contribution < -0.4 is 14.2 Å². The maximum absolute atomic E-state index is 12.6. The highest BCUT2D eigenvalue weighted by Crippen LogP contribution is 2.39. The van der Waals surface area contributed by atoms with Crippen molar-refractivity contribution < 1.29 is 19.0 Å². The van der Waals surface area contributed by atoms with Gasteiger partial charge in [0.1, 0.15) is 5.04 Å². The third kappa shape index (κ3) is 3.87. The van der Waals surface area contributed by atoms with E-state index in [1.165, 1.54) is 38.1 Å². The van der Waals surface area contributed by atoms with Crippen LogP contribution in [0.4, 0.5) is 0 Å². The first-order valence-electron chi connectivity index (χ1n) is 9.27. The molecule has 9 heteroatoms. The Labute approximate surface area is 174 Å². The molecule has 1 N–H and O–H groups in total. The number of benzene rings is 1. The number of hydrazone groups is 1. The fourth-order valence-electron chi connectivity index (χ4n) is 3.16. The van der Waals surface area contributed by atoms with Crippen molar-refractivity contribution in [2.75, 3.05) is 21.3 Å². The van der Waals surface area contributed by atoms with Gasteiger partial charge in [-0.05, 0) is 48.4 Å². The number of carbonyl (C=O) groups is 1. The molecule has 0 aliphatic carbocycles. The molecule has 0 aromatic heterocycles. The molecule has 0 atom stereocenters. The molecule has 0 spiro atoms. The zero-order valence-electron chi connectivity index (χ0n) is 17.1. The topological polar surface area (TPSA) is 96.6 Å². The number of fused-ring (bicyclic) bond motifs is 1. The van der Waals surface area contributed by atoms with Crippen LogP contribution in [-0.4, -0.2) is 48.3 Å². The van der Waals surface area contributed by atoms with Gasteiger partial charge in [0.15, 0.2) is 17.3 Å². The molecule has 2 aliphatic heterocycles. The van der Waals surface area contributed by atoms with Gasteiger partial charge in [-0.1, -0.05) is 13.8 Å². The van der Waals surface area contributed by atoms with Crippen LogP contribution >= 0.6 is 11.8 Å². The average Bonchev–Trinajstić information content (AvgIpc) is 3.14. The Morgan fingerprint density at radius 1 is 1.14 bits per heavy atom. The highest BCUT2D eigenvalue weighted by molar-refractivity contribution is 8.27. The Bertz CT molecular complexity index is 909. The predicted molar refractivity (Wildman–Crippen MR) is 115 cm³/mol. The van der Waals surface area contributed by atoms with Crippen LogP contribution in [0.15, 0.2) is 27.8 Å². The molecule has 1 aromatic rings. The summed E-state index contributed by atoms with van der Waals surface area (Å²) in [6.45, 7) is 4.20. The number of nitrogens with one attached hydrogen (secondary N) is 1. The molecule has 0 unspecified atom stereocenters. The van der Waals surface area contributed by atoms with E-state index in [1.54, 1.807) is 18.2 Å². The van der Waals surface area contributed by atoms with Crippen LogP contribution in [-0.2, 0) is 4.79 Å². The third-order valence-corrected chi connectivity index (χ3v) is 5.87. The number of aliphatic imine (C=N–C) groups is 1. The number of methoxy groups -OCH3 is 3. The van der Waals surface area contributed by atoms with Gasteiger partial charge in [-0.2, -0.15) is 15.1 Å². The van der Waals surface area contributed by atoms with Gasteiger partial charge in [-0.25, -0.2) is 0 Å². The van der Waals surface area contributed by atoms with Crippen molar-refractivity contribution in [3.8, 4) is 17.2 Å². The highest BCUT2D eigenvalue weighted by Gasteiger charge is 2.37. The average molecular weight is 417 g/mol. The molecule has 3 rings (SSSR count). The second kappa shape index (κ2) is 8.69. The lowest BCUT2D eigenvalue weighted by Gasteiger charge is -2.20. The van der Waals surface area contributed by atoms with Gasteiger partial charge in [0.05, 0.1) is 26.9 Å². The smallest absolute Gasteiger partial charge is 0.283 e. The van der Waals surface area contributed by atoms with Crippen LogP contribution in [0.2, 0.25) is 0 Å². The zero-order chi connectivity index (χ0) is 21.1. The number of nitrogens with zero attached hydrogens (tertiary/aromatic N) is 3. The number of thioether (sulfide) groups is 1. The van der Waals surface area contributed by atoms with Gasteiger partial charge in [0.25, 0.3) is 5.91 Å². The lowest BCUT2D eigenvalue weighted by molar-refractivity contribution is -0.114. The minimum atomic E-state index is -0.469. The molecule has 1 amide bonds. The first-order valence-corrected chi connectivity index (χ1v) is 10.1. The molecule has 0 saturated heterocycles. The number of hydrogen-bond acceptors (Lipinski definition) is 7. The number of rotatable bonds is 7. The molecular weight excluding hydrogens is 392 g/mol. The third-order valence-electron chi connectivity index (χ3n) is 4.80. The number of amidine groups is 2. The van der Waals surface area contributed by atoms with E-state index in [-0.39, 0.29) is 11.4 Å². The van der Waals surface area contributed by atoms with Crippen LogP contribution in [0.1, 0.15) is 32.3 Å². The summed E-state index contributed by atoms with van der Waals surface area (Å²) in [7, 11) is 4.57. The second-order valence-electron chi connectivity index (χ2n) is 6.43. The van der Waals surface area contributed by atoms with Gasteiger partial charge < -0.3 is 14.2 Å². The fraction of sp³-hybridized carbons (Fsp3) is 0.400. The van der Waals surface area contributed by atoms with Crippen molar-refractivity contribution in [3.63, 3.8) is 0 Å². The first kappa shape index (κ1) is 20.9. The van der Waals surface area contributed by atoms with Gasteiger partial charge in [-0.3, -0.25) is 10.2 Å². The van der Waals surface area contributed by atoms with E-state index in [9.17, 15) is 4.79 Å². The van der Waals surface area contributed by atoms with Crippen molar-refractivity contribution in [2.45, 2.75) is 26.7 Å². The van der Waals surface area contributed by atoms with Crippen LogP contribution in [0.25, 0.3) is 6.08 Å². The van der Waals surface area contributed by atoms with Gasteiger partial charge in [-0.15, -0.1) is 0 Å². The Kier molecular flexibility index (Phi) is 6.26. The van der Waals surface area contributed by atoms with E-state index in [0.717, 1.165) is 17.9 Å². The van der Waals surface area contributed by atoms with Gasteiger partial charge in [0.2, 0.25) is 10.9 Å². The fourth-order valence-corrected chi connectivity index (χ4v) is 4.32. The minimum Gasteiger partial charge on any atom is -0.493 e. The number of amides is 1. The molecule has 154 valence electrons. The maximum atomic E-state index is 12.6. The molecule has 0 fully saturated rings. The standard InChI is InChI=1S/C20H24N4O4S/c1-6-12(7-2)19-23-24-17(21)13(18(25)22-20(24)29-19)8-11-9-14(26-3)16(28-5)15(10-11)27-4/h8-10,12,21H,6-7H2,1-5H3. The van der Waals surface area contributed by atoms with E-state index in [4.69, 9.17) is 19.6 Å². The molecule has 29 heavy (non-hydrogen) atoms. The molecule has 2 heterocycles. The van der Waals surface area contributed by atoms with E-state index >= 15 is 0 Å².